The zero-order valence-electron chi connectivity index (χ0n) is 21.5. The summed E-state index contributed by atoms with van der Waals surface area (Å²) in [5.74, 6) is -0.780. The molecule has 2 atom stereocenters. The van der Waals surface area contributed by atoms with Crippen LogP contribution in [0, 0.1) is 0 Å². The van der Waals surface area contributed by atoms with E-state index in [1.54, 1.807) is 13.0 Å². The SMILES string of the molecule is C/C(=C\P(C)(=O)c1ccc(O)c(Cl)c1)c1cc(Cl)c(C(=O)N[C@@H](Cc2cccc(S(C)(=O)=O)c2)C(=O)O)c(Cl)c1. The van der Waals surface area contributed by atoms with E-state index in [0.29, 0.717) is 22.0 Å². The number of hydrogen-bond donors (Lipinski definition) is 3. The molecule has 0 aromatic heterocycles. The summed E-state index contributed by atoms with van der Waals surface area (Å²) in [6.45, 7) is 3.22. The molecule has 0 radical (unpaired) electrons. The number of allylic oxidation sites excluding steroid dienone is 1. The number of phenolic OH excluding ortho intramolecular Hbond substituents is 1. The Balaban J connectivity index is 1.87. The average Bonchev–Trinajstić information content (AvgIpc) is 2.84. The number of nitrogens with one attached hydrogen (secondary N) is 1. The number of sulfone groups is 1. The molecule has 1 unspecified atom stereocenters. The monoisotopic (exact) mass is 643 g/mol. The Hall–Kier alpha value is -2.81. The molecule has 0 saturated heterocycles. The van der Waals surface area contributed by atoms with Gasteiger partial charge in [0.05, 0.1) is 25.5 Å². The maximum atomic E-state index is 13.4. The zero-order valence-corrected chi connectivity index (χ0v) is 25.5. The lowest BCUT2D eigenvalue weighted by Gasteiger charge is -2.17. The summed E-state index contributed by atoms with van der Waals surface area (Å²) in [6, 6.07) is 11.6. The number of aromatic hydroxyl groups is 1. The zero-order chi connectivity index (χ0) is 30.0. The molecule has 8 nitrogen and oxygen atoms in total. The minimum atomic E-state index is -3.51. The average molecular weight is 645 g/mol. The molecule has 0 heterocycles. The van der Waals surface area contributed by atoms with Crippen molar-refractivity contribution >= 4 is 74.5 Å². The molecule has 0 aliphatic heterocycles. The van der Waals surface area contributed by atoms with E-state index in [0.717, 1.165) is 6.26 Å². The summed E-state index contributed by atoms with van der Waals surface area (Å²) < 4.78 is 37.1. The number of carbonyl (C=O) groups excluding carboxylic acids is 1. The number of carboxylic acid groups (broad SMARTS) is 1. The number of halogens is 3. The topological polar surface area (TPSA) is 138 Å². The van der Waals surface area contributed by atoms with Gasteiger partial charge in [-0.25, -0.2) is 13.2 Å². The number of phenols is 1. The molecule has 13 heteroatoms. The highest BCUT2D eigenvalue weighted by Gasteiger charge is 2.25. The molecule has 212 valence electrons. The van der Waals surface area contributed by atoms with Gasteiger partial charge >= 0.3 is 5.97 Å². The van der Waals surface area contributed by atoms with Crippen molar-refractivity contribution in [2.45, 2.75) is 24.3 Å². The summed E-state index contributed by atoms with van der Waals surface area (Å²) >= 11 is 18.7. The van der Waals surface area contributed by atoms with E-state index in [-0.39, 0.29) is 37.7 Å². The number of carboxylic acids is 1. The highest BCUT2D eigenvalue weighted by Crippen LogP contribution is 2.46. The van der Waals surface area contributed by atoms with Crippen molar-refractivity contribution in [3.63, 3.8) is 0 Å². The molecule has 0 aliphatic rings. The van der Waals surface area contributed by atoms with Gasteiger partial charge in [0.15, 0.2) is 9.84 Å². The maximum Gasteiger partial charge on any atom is 0.326 e. The quantitative estimate of drug-likeness (QED) is 0.248. The third-order valence-corrected chi connectivity index (χ3v) is 10.2. The summed E-state index contributed by atoms with van der Waals surface area (Å²) in [6.07, 6.45) is 0.849. The van der Waals surface area contributed by atoms with Gasteiger partial charge < -0.3 is 20.1 Å². The number of aliphatic carboxylic acids is 1. The molecule has 0 spiro atoms. The molecule has 0 saturated carbocycles. The van der Waals surface area contributed by atoms with Crippen LogP contribution in [0.15, 0.2) is 65.3 Å². The summed E-state index contributed by atoms with van der Waals surface area (Å²) in [4.78, 5) is 25.0. The van der Waals surface area contributed by atoms with Crippen LogP contribution in [0.2, 0.25) is 15.1 Å². The van der Waals surface area contributed by atoms with Crippen LogP contribution < -0.4 is 10.6 Å². The predicted octanol–water partition coefficient (Wildman–Crippen LogP) is 5.86. The molecular formula is C27H25Cl3NO7PS. The molecule has 3 N–H and O–H groups in total. The van der Waals surface area contributed by atoms with Gasteiger partial charge in [0, 0.05) is 18.0 Å². The molecule has 3 aromatic rings. The second-order valence-electron chi connectivity index (χ2n) is 9.24. The fraction of sp³-hybridized carbons (Fsp3) is 0.185. The van der Waals surface area contributed by atoms with Gasteiger partial charge in [-0.05, 0) is 78.6 Å². The van der Waals surface area contributed by atoms with Crippen LogP contribution in [0.25, 0.3) is 5.57 Å². The van der Waals surface area contributed by atoms with E-state index in [1.807, 2.05) is 0 Å². The summed E-state index contributed by atoms with van der Waals surface area (Å²) in [5, 5.41) is 22.1. The van der Waals surface area contributed by atoms with Crippen molar-refractivity contribution in [2.24, 2.45) is 0 Å². The van der Waals surface area contributed by atoms with E-state index in [2.05, 4.69) is 5.32 Å². The molecule has 3 rings (SSSR count). The Labute approximate surface area is 246 Å². The fourth-order valence-electron chi connectivity index (χ4n) is 3.88. The van der Waals surface area contributed by atoms with Crippen molar-refractivity contribution in [3.8, 4) is 5.75 Å². The normalized spacial score (nSPS) is 14.3. The van der Waals surface area contributed by atoms with E-state index in [9.17, 15) is 32.8 Å². The number of rotatable bonds is 9. The molecule has 0 bridgehead atoms. The smallest absolute Gasteiger partial charge is 0.326 e. The van der Waals surface area contributed by atoms with Crippen LogP contribution >= 0.6 is 41.9 Å². The first kappa shape index (κ1) is 31.7. The van der Waals surface area contributed by atoms with Crippen LogP contribution in [0.3, 0.4) is 0 Å². The minimum absolute atomic E-state index is 0.0238. The van der Waals surface area contributed by atoms with Gasteiger partial charge in [0.2, 0.25) is 0 Å². The molecule has 3 aromatic carbocycles. The first-order chi connectivity index (χ1) is 18.5. The molecule has 40 heavy (non-hydrogen) atoms. The van der Waals surface area contributed by atoms with Crippen LogP contribution in [0.4, 0.5) is 0 Å². The lowest BCUT2D eigenvalue weighted by Crippen LogP contribution is -2.42. The third-order valence-electron chi connectivity index (χ3n) is 5.98. The van der Waals surface area contributed by atoms with E-state index >= 15 is 0 Å². The second-order valence-corrected chi connectivity index (χ2v) is 15.2. The predicted molar refractivity (Wildman–Crippen MR) is 159 cm³/mol. The van der Waals surface area contributed by atoms with Crippen molar-refractivity contribution < 1.29 is 32.8 Å². The van der Waals surface area contributed by atoms with Crippen LogP contribution in [-0.2, 0) is 25.6 Å². The Kier molecular flexibility index (Phi) is 9.81. The van der Waals surface area contributed by atoms with Gasteiger partial charge in [0.1, 0.15) is 18.9 Å². The van der Waals surface area contributed by atoms with Crippen LogP contribution in [0.5, 0.6) is 5.75 Å². The van der Waals surface area contributed by atoms with Crippen molar-refractivity contribution in [2.75, 3.05) is 12.9 Å². The van der Waals surface area contributed by atoms with Gasteiger partial charge in [0.25, 0.3) is 5.91 Å². The van der Waals surface area contributed by atoms with E-state index in [1.165, 1.54) is 61.0 Å². The first-order valence-electron chi connectivity index (χ1n) is 11.6. The van der Waals surface area contributed by atoms with E-state index in [4.69, 9.17) is 34.8 Å². The number of carbonyl (C=O) groups is 2. The minimum Gasteiger partial charge on any atom is -0.506 e. The Morgan fingerprint density at radius 3 is 2.20 bits per heavy atom. The fourth-order valence-corrected chi connectivity index (χ4v) is 7.28. The molecule has 0 fully saturated rings. The third kappa shape index (κ3) is 7.68. The first-order valence-corrected chi connectivity index (χ1v) is 16.8. The summed E-state index contributed by atoms with van der Waals surface area (Å²) in [5.41, 5.74) is 1.26. The number of amides is 1. The Bertz CT molecular complexity index is 1670. The van der Waals surface area contributed by atoms with Crippen molar-refractivity contribution in [3.05, 3.63) is 92.2 Å². The largest absolute Gasteiger partial charge is 0.506 e. The molecule has 0 aliphatic carbocycles. The summed E-state index contributed by atoms with van der Waals surface area (Å²) in [7, 11) is -6.59. The number of hydrogen-bond acceptors (Lipinski definition) is 6. The van der Waals surface area contributed by atoms with Crippen molar-refractivity contribution in [1.29, 1.82) is 0 Å². The second kappa shape index (κ2) is 12.4. The van der Waals surface area contributed by atoms with Gasteiger partial charge in [-0.15, -0.1) is 0 Å². The van der Waals surface area contributed by atoms with Crippen LogP contribution in [0.1, 0.15) is 28.4 Å². The van der Waals surface area contributed by atoms with Crippen LogP contribution in [-0.4, -0.2) is 49.5 Å². The Morgan fingerprint density at radius 1 is 1.02 bits per heavy atom. The lowest BCUT2D eigenvalue weighted by atomic mass is 10.0. The molecule has 1 amide bonds. The van der Waals surface area contributed by atoms with Gasteiger partial charge in [-0.3, -0.25) is 4.79 Å². The standard InChI is InChI=1S/C27H25Cl3NO7PS/c1-15(14-39(2,36)18-7-8-24(32)20(28)13-18)17-11-21(29)25(22(30)12-17)26(33)31-23(27(34)35)10-16-5-4-6-19(9-16)40(3,37)38/h4-9,11-14,23,32H,10H2,1-3H3,(H,31,33)(H,34,35)/b15-14+/t23-,39?/m0/s1. The van der Waals surface area contributed by atoms with Gasteiger partial charge in [-0.1, -0.05) is 46.9 Å². The van der Waals surface area contributed by atoms with Gasteiger partial charge in [-0.2, -0.15) is 0 Å². The highest BCUT2D eigenvalue weighted by molar-refractivity contribution is 7.90. The lowest BCUT2D eigenvalue weighted by molar-refractivity contribution is -0.139. The van der Waals surface area contributed by atoms with Crippen molar-refractivity contribution in [1.82, 2.24) is 5.32 Å². The molecular weight excluding hydrogens is 620 g/mol. The number of benzene rings is 3. The highest BCUT2D eigenvalue weighted by atomic mass is 35.5. The Morgan fingerprint density at radius 2 is 1.65 bits per heavy atom. The van der Waals surface area contributed by atoms with E-state index < -0.39 is 34.9 Å². The maximum absolute atomic E-state index is 13.4.